The van der Waals surface area contributed by atoms with Gasteiger partial charge in [0.05, 0.1) is 5.41 Å². The first kappa shape index (κ1) is 10.8. The van der Waals surface area contributed by atoms with E-state index in [-0.39, 0.29) is 0 Å². The van der Waals surface area contributed by atoms with Gasteiger partial charge in [-0.25, -0.2) is 4.79 Å². The molecule has 2 atom stereocenters. The Labute approximate surface area is 82.3 Å². The zero-order chi connectivity index (χ0) is 10.9. The Balaban J connectivity index is 2.90. The molecule has 0 bridgehead atoms. The molecule has 0 aliphatic carbocycles. The van der Waals surface area contributed by atoms with E-state index in [9.17, 15) is 9.59 Å². The van der Waals surface area contributed by atoms with Crippen molar-refractivity contribution >= 4 is 12.1 Å². The predicted molar refractivity (Wildman–Crippen MR) is 49.2 cm³/mol. The van der Waals surface area contributed by atoms with Crippen LogP contribution < -0.4 is 0 Å². The number of likely N-dealkylation sites (tertiary alicyclic amines) is 1. The Morgan fingerprint density at radius 2 is 2.00 bits per heavy atom. The normalized spacial score (nSPS) is 32.7. The number of carboxylic acid groups (broad SMARTS) is 2. The summed E-state index contributed by atoms with van der Waals surface area (Å²) < 4.78 is 0. The summed E-state index contributed by atoms with van der Waals surface area (Å²) >= 11 is 0. The minimum atomic E-state index is -1.04. The first-order valence-corrected chi connectivity index (χ1v) is 4.62. The third-order valence-corrected chi connectivity index (χ3v) is 3.22. The molecule has 0 radical (unpaired) electrons. The quantitative estimate of drug-likeness (QED) is 0.669. The molecule has 0 aromatic rings. The van der Waals surface area contributed by atoms with Crippen LogP contribution in [0.5, 0.6) is 0 Å². The summed E-state index contributed by atoms with van der Waals surface area (Å²) in [5.74, 6) is -0.920. The maximum atomic E-state index is 11.0. The van der Waals surface area contributed by atoms with Crippen LogP contribution in [0.3, 0.4) is 0 Å². The highest BCUT2D eigenvalue weighted by Crippen LogP contribution is 2.35. The second-order valence-electron chi connectivity index (χ2n) is 3.98. The molecule has 1 fully saturated rings. The number of carboxylic acids is 1. The first-order valence-electron chi connectivity index (χ1n) is 4.62. The molecule has 2 unspecified atom stereocenters. The number of aliphatic carboxylic acids is 1. The molecule has 0 saturated carbocycles. The lowest BCUT2D eigenvalue weighted by Crippen LogP contribution is -2.54. The fourth-order valence-corrected chi connectivity index (χ4v) is 1.91. The molecule has 1 aliphatic rings. The Hall–Kier alpha value is -1.26. The number of amides is 1. The van der Waals surface area contributed by atoms with Crippen LogP contribution in [-0.4, -0.2) is 39.8 Å². The van der Waals surface area contributed by atoms with Crippen molar-refractivity contribution in [1.29, 1.82) is 0 Å². The third-order valence-electron chi connectivity index (χ3n) is 3.22. The summed E-state index contributed by atoms with van der Waals surface area (Å²) in [7, 11) is 0. The van der Waals surface area contributed by atoms with Gasteiger partial charge in [0.15, 0.2) is 0 Å². The minimum absolute atomic E-state index is 0.430. The molecule has 2 N–H and O–H groups in total. The van der Waals surface area contributed by atoms with Crippen molar-refractivity contribution in [3.8, 4) is 0 Å². The van der Waals surface area contributed by atoms with Gasteiger partial charge in [0.2, 0.25) is 0 Å². The van der Waals surface area contributed by atoms with Crippen molar-refractivity contribution in [3.63, 3.8) is 0 Å². The molecule has 0 aromatic carbocycles. The summed E-state index contributed by atoms with van der Waals surface area (Å²) in [5, 5.41) is 17.9. The van der Waals surface area contributed by atoms with Gasteiger partial charge in [-0.1, -0.05) is 0 Å². The molecule has 0 spiro atoms. The molecule has 1 aliphatic heterocycles. The van der Waals surface area contributed by atoms with Crippen molar-refractivity contribution in [2.45, 2.75) is 32.7 Å². The second-order valence-corrected chi connectivity index (χ2v) is 3.98. The lowest BCUT2D eigenvalue weighted by atomic mass is 9.75. The zero-order valence-corrected chi connectivity index (χ0v) is 8.36. The van der Waals surface area contributed by atoms with Gasteiger partial charge in [0.25, 0.3) is 0 Å². The molecule has 0 aromatic heterocycles. The molecular formula is C9H15NO4. The Bertz CT molecular complexity index is 266. The van der Waals surface area contributed by atoms with E-state index >= 15 is 0 Å². The predicted octanol–water partition coefficient (Wildman–Crippen LogP) is 1.24. The van der Waals surface area contributed by atoms with Gasteiger partial charge in [0.1, 0.15) is 0 Å². The number of hydrogen-bond acceptors (Lipinski definition) is 2. The smallest absolute Gasteiger partial charge is 0.407 e. The summed E-state index contributed by atoms with van der Waals surface area (Å²) in [6.07, 6.45) is 0.108. The molecule has 5 heteroatoms. The zero-order valence-electron chi connectivity index (χ0n) is 8.36. The van der Waals surface area contributed by atoms with E-state index in [4.69, 9.17) is 10.2 Å². The molecule has 80 valence electrons. The molecule has 1 rings (SSSR count). The summed E-state index contributed by atoms with van der Waals surface area (Å²) in [6, 6.07) is -0.466. The number of rotatable bonds is 1. The molecule has 14 heavy (non-hydrogen) atoms. The Morgan fingerprint density at radius 3 is 2.43 bits per heavy atom. The van der Waals surface area contributed by atoms with E-state index in [2.05, 4.69) is 0 Å². The summed E-state index contributed by atoms with van der Waals surface area (Å²) in [6.45, 7) is 3.69. The van der Waals surface area contributed by atoms with Gasteiger partial charge in [0, 0.05) is 12.6 Å². The van der Waals surface area contributed by atoms with Gasteiger partial charge in [-0.2, -0.15) is 0 Å². The molecular weight excluding hydrogens is 186 g/mol. The third kappa shape index (κ3) is 1.54. The number of carbonyl (C=O) groups is 2. The summed E-state index contributed by atoms with van der Waals surface area (Å²) in [4.78, 5) is 23.0. The van der Waals surface area contributed by atoms with E-state index < -0.39 is 23.5 Å². The molecule has 1 saturated heterocycles. The fraction of sp³-hybridized carbons (Fsp3) is 0.778. The van der Waals surface area contributed by atoms with Crippen LogP contribution in [0, 0.1) is 5.41 Å². The van der Waals surface area contributed by atoms with E-state index in [0.29, 0.717) is 19.4 Å². The second kappa shape index (κ2) is 3.48. The average Bonchev–Trinajstić information content (AvgIpc) is 2.09. The van der Waals surface area contributed by atoms with Crippen LogP contribution in [0.2, 0.25) is 0 Å². The first-order chi connectivity index (χ1) is 6.39. The largest absolute Gasteiger partial charge is 0.481 e. The van der Waals surface area contributed by atoms with Crippen LogP contribution in [0.25, 0.3) is 0 Å². The van der Waals surface area contributed by atoms with E-state index in [0.717, 1.165) is 0 Å². The molecule has 5 nitrogen and oxygen atoms in total. The maximum Gasteiger partial charge on any atom is 0.407 e. The van der Waals surface area contributed by atoms with Crippen molar-refractivity contribution in [1.82, 2.24) is 4.90 Å². The maximum absolute atomic E-state index is 11.0. The molecule has 1 amide bonds. The van der Waals surface area contributed by atoms with Crippen LogP contribution in [0.1, 0.15) is 26.7 Å². The SMILES string of the molecule is CC1N(C(=O)O)CCCC1(C)C(=O)O. The Morgan fingerprint density at radius 1 is 1.43 bits per heavy atom. The topological polar surface area (TPSA) is 77.8 Å². The molecule has 1 heterocycles. The van der Waals surface area contributed by atoms with Crippen molar-refractivity contribution in [2.24, 2.45) is 5.41 Å². The number of nitrogens with zero attached hydrogens (tertiary/aromatic N) is 1. The van der Waals surface area contributed by atoms with Crippen LogP contribution in [-0.2, 0) is 4.79 Å². The van der Waals surface area contributed by atoms with E-state index in [1.165, 1.54) is 4.90 Å². The summed E-state index contributed by atoms with van der Waals surface area (Å²) in [5.41, 5.74) is -0.948. The van der Waals surface area contributed by atoms with Gasteiger partial charge < -0.3 is 15.1 Å². The lowest BCUT2D eigenvalue weighted by Gasteiger charge is -2.42. The van der Waals surface area contributed by atoms with Crippen molar-refractivity contribution in [3.05, 3.63) is 0 Å². The van der Waals surface area contributed by atoms with Crippen LogP contribution in [0.15, 0.2) is 0 Å². The number of piperidine rings is 1. The highest BCUT2D eigenvalue weighted by Gasteiger charge is 2.45. The highest BCUT2D eigenvalue weighted by atomic mass is 16.4. The number of hydrogen-bond donors (Lipinski definition) is 2. The van der Waals surface area contributed by atoms with Crippen LogP contribution in [0.4, 0.5) is 4.79 Å². The van der Waals surface area contributed by atoms with Gasteiger partial charge in [-0.3, -0.25) is 4.79 Å². The van der Waals surface area contributed by atoms with Gasteiger partial charge in [-0.05, 0) is 26.7 Å². The lowest BCUT2D eigenvalue weighted by molar-refractivity contribution is -0.153. The van der Waals surface area contributed by atoms with Crippen molar-refractivity contribution < 1.29 is 19.8 Å². The van der Waals surface area contributed by atoms with Crippen LogP contribution >= 0.6 is 0 Å². The standard InChI is InChI=1S/C9H15NO4/c1-6-9(2,7(11)12)4-3-5-10(6)8(13)14/h6H,3-5H2,1-2H3,(H,11,12)(H,13,14). The van der Waals surface area contributed by atoms with E-state index in [1.54, 1.807) is 13.8 Å². The monoisotopic (exact) mass is 201 g/mol. The average molecular weight is 201 g/mol. The van der Waals surface area contributed by atoms with Gasteiger partial charge in [-0.15, -0.1) is 0 Å². The van der Waals surface area contributed by atoms with Crippen molar-refractivity contribution in [2.75, 3.05) is 6.54 Å². The van der Waals surface area contributed by atoms with Gasteiger partial charge >= 0.3 is 12.1 Å². The Kier molecular flexibility index (Phi) is 2.69. The highest BCUT2D eigenvalue weighted by molar-refractivity contribution is 5.77. The fourth-order valence-electron chi connectivity index (χ4n) is 1.91. The van der Waals surface area contributed by atoms with E-state index in [1.807, 2.05) is 0 Å². The minimum Gasteiger partial charge on any atom is -0.481 e.